The maximum Gasteiger partial charge on any atom is 0.355 e. The zero-order chi connectivity index (χ0) is 16.8. The molecule has 1 aromatic carbocycles. The van der Waals surface area contributed by atoms with Gasteiger partial charge in [-0.25, -0.2) is 9.78 Å². The Kier molecular flexibility index (Phi) is 5.40. The van der Waals surface area contributed by atoms with E-state index in [-0.39, 0.29) is 5.69 Å². The molecule has 0 aliphatic carbocycles. The summed E-state index contributed by atoms with van der Waals surface area (Å²) in [5.41, 5.74) is 1.46. The molecule has 1 N–H and O–H groups in total. The maximum absolute atomic E-state index is 11.3. The number of pyridine rings is 1. The molecular weight excluding hydrogens is 308 g/mol. The molecule has 1 saturated heterocycles. The Morgan fingerprint density at radius 2 is 1.96 bits per heavy atom. The molecule has 6 nitrogen and oxygen atoms in total. The van der Waals surface area contributed by atoms with Gasteiger partial charge in [-0.15, -0.1) is 0 Å². The van der Waals surface area contributed by atoms with E-state index in [2.05, 4.69) is 9.88 Å². The predicted molar refractivity (Wildman–Crippen MR) is 89.4 cm³/mol. The molecule has 0 bridgehead atoms. The van der Waals surface area contributed by atoms with Crippen LogP contribution in [0.2, 0.25) is 0 Å². The Balaban J connectivity index is 1.60. The van der Waals surface area contributed by atoms with Gasteiger partial charge in [-0.2, -0.15) is 0 Å². The monoisotopic (exact) mass is 328 g/mol. The van der Waals surface area contributed by atoms with Crippen molar-refractivity contribution in [3.63, 3.8) is 0 Å². The van der Waals surface area contributed by atoms with E-state index in [1.807, 2.05) is 24.3 Å². The minimum absolute atomic E-state index is 0.0542. The molecule has 1 aliphatic heterocycles. The van der Waals surface area contributed by atoms with Crippen molar-refractivity contribution in [2.24, 2.45) is 0 Å². The zero-order valence-corrected chi connectivity index (χ0v) is 13.4. The first-order valence-electron chi connectivity index (χ1n) is 7.96. The van der Waals surface area contributed by atoms with E-state index in [0.717, 1.165) is 44.2 Å². The number of rotatable bonds is 6. The molecule has 2 aromatic rings. The van der Waals surface area contributed by atoms with Gasteiger partial charge in [-0.05, 0) is 23.8 Å². The third kappa shape index (κ3) is 4.10. The summed E-state index contributed by atoms with van der Waals surface area (Å²) < 4.78 is 11.1. The Labute approximate surface area is 140 Å². The lowest BCUT2D eigenvalue weighted by atomic mass is 10.0. The lowest BCUT2D eigenvalue weighted by Gasteiger charge is -2.26. The fraction of sp³-hybridized carbons (Fsp3) is 0.333. The van der Waals surface area contributed by atoms with Gasteiger partial charge in [0.2, 0.25) is 0 Å². The highest BCUT2D eigenvalue weighted by molar-refractivity contribution is 5.93. The van der Waals surface area contributed by atoms with Gasteiger partial charge in [0.25, 0.3) is 0 Å². The van der Waals surface area contributed by atoms with Crippen LogP contribution in [0.5, 0.6) is 5.75 Å². The number of hydrogen-bond acceptors (Lipinski definition) is 5. The molecule has 0 saturated carbocycles. The SMILES string of the molecule is O=C(O)c1ncccc1-c1ccc(OCCN2CCOCC2)cc1. The third-order valence-electron chi connectivity index (χ3n) is 3.96. The average Bonchev–Trinajstić information content (AvgIpc) is 2.63. The Hall–Kier alpha value is -2.44. The van der Waals surface area contributed by atoms with Crippen LogP contribution in [0.1, 0.15) is 10.5 Å². The fourth-order valence-corrected chi connectivity index (χ4v) is 2.66. The van der Waals surface area contributed by atoms with Gasteiger partial charge in [-0.3, -0.25) is 4.90 Å². The summed E-state index contributed by atoms with van der Waals surface area (Å²) in [4.78, 5) is 17.5. The summed E-state index contributed by atoms with van der Waals surface area (Å²) in [5, 5.41) is 9.22. The lowest BCUT2D eigenvalue weighted by molar-refractivity contribution is 0.0322. The highest BCUT2D eigenvalue weighted by Crippen LogP contribution is 2.24. The first kappa shape index (κ1) is 16.4. The number of carboxylic acid groups (broad SMARTS) is 1. The number of carbonyl (C=O) groups is 1. The highest BCUT2D eigenvalue weighted by Gasteiger charge is 2.13. The van der Waals surface area contributed by atoms with Crippen molar-refractivity contribution < 1.29 is 19.4 Å². The van der Waals surface area contributed by atoms with Crippen LogP contribution in [0.4, 0.5) is 0 Å². The van der Waals surface area contributed by atoms with Crippen LogP contribution in [-0.2, 0) is 4.74 Å². The third-order valence-corrected chi connectivity index (χ3v) is 3.96. The predicted octanol–water partition coefficient (Wildman–Crippen LogP) is 2.16. The Bertz CT molecular complexity index is 682. The van der Waals surface area contributed by atoms with E-state index >= 15 is 0 Å². The molecule has 0 amide bonds. The smallest absolute Gasteiger partial charge is 0.355 e. The molecule has 3 rings (SSSR count). The van der Waals surface area contributed by atoms with Gasteiger partial charge in [0.1, 0.15) is 12.4 Å². The van der Waals surface area contributed by atoms with Crippen molar-refractivity contribution in [2.45, 2.75) is 0 Å². The van der Waals surface area contributed by atoms with Gasteiger partial charge in [0.05, 0.1) is 13.2 Å². The first-order valence-corrected chi connectivity index (χ1v) is 7.96. The molecule has 24 heavy (non-hydrogen) atoms. The molecule has 2 heterocycles. The summed E-state index contributed by atoms with van der Waals surface area (Å²) in [5.74, 6) is -0.260. The minimum atomic E-state index is -1.03. The van der Waals surface area contributed by atoms with Gasteiger partial charge < -0.3 is 14.6 Å². The molecule has 0 atom stereocenters. The Morgan fingerprint density at radius 1 is 1.21 bits per heavy atom. The van der Waals surface area contributed by atoms with E-state index in [1.54, 1.807) is 12.1 Å². The van der Waals surface area contributed by atoms with Gasteiger partial charge in [0, 0.05) is 31.4 Å². The van der Waals surface area contributed by atoms with Gasteiger partial charge in [0.15, 0.2) is 5.69 Å². The average molecular weight is 328 g/mol. The van der Waals surface area contributed by atoms with Crippen molar-refractivity contribution in [1.82, 2.24) is 9.88 Å². The Morgan fingerprint density at radius 3 is 2.67 bits per heavy atom. The van der Waals surface area contributed by atoms with Crippen LogP contribution in [-0.4, -0.2) is 60.4 Å². The second kappa shape index (κ2) is 7.90. The van der Waals surface area contributed by atoms with Gasteiger partial charge >= 0.3 is 5.97 Å². The molecule has 1 aliphatic rings. The van der Waals surface area contributed by atoms with E-state index < -0.39 is 5.97 Å². The van der Waals surface area contributed by atoms with Crippen LogP contribution in [0, 0.1) is 0 Å². The number of morpholine rings is 1. The number of nitrogens with zero attached hydrogens (tertiary/aromatic N) is 2. The number of benzene rings is 1. The number of hydrogen-bond donors (Lipinski definition) is 1. The van der Waals surface area contributed by atoms with E-state index in [0.29, 0.717) is 12.2 Å². The molecule has 0 radical (unpaired) electrons. The number of carboxylic acids is 1. The van der Waals surface area contributed by atoms with Crippen LogP contribution in [0.25, 0.3) is 11.1 Å². The van der Waals surface area contributed by atoms with Crippen molar-refractivity contribution in [3.05, 3.63) is 48.3 Å². The van der Waals surface area contributed by atoms with Crippen molar-refractivity contribution >= 4 is 5.97 Å². The molecule has 1 fully saturated rings. The van der Waals surface area contributed by atoms with Crippen molar-refractivity contribution in [1.29, 1.82) is 0 Å². The standard InChI is InChI=1S/C18H20N2O4/c21-18(22)17-16(2-1-7-19-17)14-3-5-15(6-4-14)24-13-10-20-8-11-23-12-9-20/h1-7H,8-13H2,(H,21,22). The number of aromatic carboxylic acids is 1. The number of aromatic nitrogens is 1. The summed E-state index contributed by atoms with van der Waals surface area (Å²) >= 11 is 0. The second-order valence-electron chi connectivity index (χ2n) is 5.53. The minimum Gasteiger partial charge on any atom is -0.492 e. The zero-order valence-electron chi connectivity index (χ0n) is 13.4. The molecule has 1 aromatic heterocycles. The maximum atomic E-state index is 11.3. The van der Waals surface area contributed by atoms with Crippen LogP contribution in [0.3, 0.4) is 0 Å². The van der Waals surface area contributed by atoms with Crippen molar-refractivity contribution in [2.75, 3.05) is 39.5 Å². The second-order valence-corrected chi connectivity index (χ2v) is 5.53. The van der Waals surface area contributed by atoms with E-state index in [9.17, 15) is 9.90 Å². The first-order chi connectivity index (χ1) is 11.7. The fourth-order valence-electron chi connectivity index (χ4n) is 2.66. The lowest BCUT2D eigenvalue weighted by Crippen LogP contribution is -2.38. The van der Waals surface area contributed by atoms with Crippen LogP contribution < -0.4 is 4.74 Å². The summed E-state index contributed by atoms with van der Waals surface area (Å²) in [6, 6.07) is 10.9. The van der Waals surface area contributed by atoms with E-state index in [4.69, 9.17) is 9.47 Å². The largest absolute Gasteiger partial charge is 0.492 e. The summed E-state index contributed by atoms with van der Waals surface area (Å²) in [6.07, 6.45) is 1.48. The van der Waals surface area contributed by atoms with Crippen molar-refractivity contribution in [3.8, 4) is 16.9 Å². The number of ether oxygens (including phenoxy) is 2. The van der Waals surface area contributed by atoms with Gasteiger partial charge in [-0.1, -0.05) is 18.2 Å². The van der Waals surface area contributed by atoms with E-state index in [1.165, 1.54) is 6.20 Å². The van der Waals surface area contributed by atoms with Crippen LogP contribution in [0.15, 0.2) is 42.6 Å². The summed E-state index contributed by atoms with van der Waals surface area (Å²) in [7, 11) is 0. The highest BCUT2D eigenvalue weighted by atomic mass is 16.5. The topological polar surface area (TPSA) is 71.9 Å². The molecule has 0 spiro atoms. The normalized spacial score (nSPS) is 15.2. The molecule has 0 unspecified atom stereocenters. The quantitative estimate of drug-likeness (QED) is 0.876. The molecule has 126 valence electrons. The summed E-state index contributed by atoms with van der Waals surface area (Å²) in [6.45, 7) is 4.95. The molecule has 6 heteroatoms. The molecular formula is C18H20N2O4. The van der Waals surface area contributed by atoms with Crippen LogP contribution >= 0.6 is 0 Å².